The zero-order valence-corrected chi connectivity index (χ0v) is 9.26. The maximum Gasteiger partial charge on any atom is 0.274 e. The van der Waals surface area contributed by atoms with Crippen molar-refractivity contribution >= 4 is 17.9 Å². The number of hydrogen-bond donors (Lipinski definition) is 1. The van der Waals surface area contributed by atoms with Crippen LogP contribution in [-0.4, -0.2) is 17.2 Å². The van der Waals surface area contributed by atoms with Gasteiger partial charge in [-0.05, 0) is 24.3 Å². The van der Waals surface area contributed by atoms with Crippen LogP contribution < -0.4 is 5.32 Å². The molecule has 0 aliphatic heterocycles. The Morgan fingerprint density at radius 2 is 2.11 bits per heavy atom. The summed E-state index contributed by atoms with van der Waals surface area (Å²) in [6.45, 7) is 0. The van der Waals surface area contributed by atoms with Crippen molar-refractivity contribution in [3.63, 3.8) is 0 Å². The molecular weight excluding hydrogens is 235 g/mol. The van der Waals surface area contributed by atoms with E-state index in [0.717, 1.165) is 12.3 Å². The molecule has 0 aliphatic carbocycles. The summed E-state index contributed by atoms with van der Waals surface area (Å²) < 4.78 is 12.6. The first kappa shape index (κ1) is 11.9. The molecule has 0 saturated carbocycles. The molecule has 2 aromatic rings. The standard InChI is InChI=1S/C13H9FN2O2/c14-10-4-5-12(15-7-10)13(18)16-11-3-1-2-9(6-11)8-17/h1-8H,(H,16,18). The molecule has 0 atom stereocenters. The Kier molecular flexibility index (Phi) is 3.43. The van der Waals surface area contributed by atoms with Gasteiger partial charge in [0, 0.05) is 11.3 Å². The molecule has 1 heterocycles. The average molecular weight is 244 g/mol. The highest BCUT2D eigenvalue weighted by atomic mass is 19.1. The van der Waals surface area contributed by atoms with Gasteiger partial charge < -0.3 is 5.32 Å². The second-order valence-electron chi connectivity index (χ2n) is 3.56. The monoisotopic (exact) mass is 244 g/mol. The number of aromatic nitrogens is 1. The molecule has 5 heteroatoms. The summed E-state index contributed by atoms with van der Waals surface area (Å²) in [7, 11) is 0. The number of nitrogens with one attached hydrogen (secondary N) is 1. The smallest absolute Gasteiger partial charge is 0.274 e. The third-order valence-corrected chi connectivity index (χ3v) is 2.24. The van der Waals surface area contributed by atoms with E-state index in [4.69, 9.17) is 0 Å². The summed E-state index contributed by atoms with van der Waals surface area (Å²) >= 11 is 0. The minimum Gasteiger partial charge on any atom is -0.321 e. The third kappa shape index (κ3) is 2.76. The third-order valence-electron chi connectivity index (χ3n) is 2.24. The lowest BCUT2D eigenvalue weighted by molar-refractivity contribution is 0.102. The van der Waals surface area contributed by atoms with Gasteiger partial charge in [0.1, 0.15) is 17.8 Å². The van der Waals surface area contributed by atoms with Gasteiger partial charge in [-0.2, -0.15) is 0 Å². The second-order valence-corrected chi connectivity index (χ2v) is 3.56. The topological polar surface area (TPSA) is 59.1 Å². The van der Waals surface area contributed by atoms with Crippen molar-refractivity contribution in [2.45, 2.75) is 0 Å². The normalized spacial score (nSPS) is 9.83. The molecule has 0 aliphatic rings. The summed E-state index contributed by atoms with van der Waals surface area (Å²) in [5.74, 6) is -0.965. The number of benzene rings is 1. The van der Waals surface area contributed by atoms with Crippen LogP contribution in [0.15, 0.2) is 42.6 Å². The van der Waals surface area contributed by atoms with Crippen molar-refractivity contribution in [3.8, 4) is 0 Å². The Morgan fingerprint density at radius 1 is 1.28 bits per heavy atom. The van der Waals surface area contributed by atoms with Crippen molar-refractivity contribution in [2.24, 2.45) is 0 Å². The van der Waals surface area contributed by atoms with Crippen molar-refractivity contribution in [3.05, 3.63) is 59.7 Å². The molecule has 0 bridgehead atoms. The summed E-state index contributed by atoms with van der Waals surface area (Å²) in [5, 5.41) is 2.57. The Balaban J connectivity index is 2.15. The molecule has 0 saturated heterocycles. The SMILES string of the molecule is O=Cc1cccc(NC(=O)c2ccc(F)cn2)c1. The van der Waals surface area contributed by atoms with E-state index >= 15 is 0 Å². The van der Waals surface area contributed by atoms with Crippen LogP contribution in [0.5, 0.6) is 0 Å². The molecule has 1 N–H and O–H groups in total. The van der Waals surface area contributed by atoms with Gasteiger partial charge in [-0.15, -0.1) is 0 Å². The summed E-state index contributed by atoms with van der Waals surface area (Å²) in [5.41, 5.74) is 1.04. The number of halogens is 1. The van der Waals surface area contributed by atoms with Crippen LogP contribution in [0.25, 0.3) is 0 Å². The Hall–Kier alpha value is -2.56. The van der Waals surface area contributed by atoms with Crippen LogP contribution >= 0.6 is 0 Å². The first-order valence-corrected chi connectivity index (χ1v) is 5.17. The minimum atomic E-state index is -0.505. The van der Waals surface area contributed by atoms with E-state index in [2.05, 4.69) is 10.3 Å². The fourth-order valence-corrected chi connectivity index (χ4v) is 1.39. The molecule has 1 aromatic heterocycles. The fourth-order valence-electron chi connectivity index (χ4n) is 1.39. The lowest BCUT2D eigenvalue weighted by Crippen LogP contribution is -2.13. The van der Waals surface area contributed by atoms with E-state index in [1.165, 1.54) is 12.1 Å². The number of carbonyl (C=O) groups is 2. The van der Waals surface area contributed by atoms with Crippen molar-refractivity contribution in [2.75, 3.05) is 5.32 Å². The summed E-state index contributed by atoms with van der Waals surface area (Å²) in [6.07, 6.45) is 1.66. The maximum absolute atomic E-state index is 12.6. The van der Waals surface area contributed by atoms with Gasteiger partial charge in [-0.25, -0.2) is 9.37 Å². The zero-order valence-electron chi connectivity index (χ0n) is 9.26. The second kappa shape index (κ2) is 5.18. The van der Waals surface area contributed by atoms with Crippen LogP contribution in [0.4, 0.5) is 10.1 Å². The number of nitrogens with zero attached hydrogens (tertiary/aromatic N) is 1. The lowest BCUT2D eigenvalue weighted by Gasteiger charge is -2.04. The molecule has 4 nitrogen and oxygen atoms in total. The number of anilines is 1. The Morgan fingerprint density at radius 3 is 2.78 bits per heavy atom. The van der Waals surface area contributed by atoms with Gasteiger partial charge in [0.25, 0.3) is 5.91 Å². The van der Waals surface area contributed by atoms with E-state index in [0.29, 0.717) is 17.5 Å². The molecular formula is C13H9FN2O2. The predicted molar refractivity (Wildman–Crippen MR) is 64.0 cm³/mol. The van der Waals surface area contributed by atoms with Crippen molar-refractivity contribution in [1.29, 1.82) is 0 Å². The Bertz CT molecular complexity index is 582. The molecule has 0 radical (unpaired) electrons. The molecule has 1 amide bonds. The van der Waals surface area contributed by atoms with Gasteiger partial charge in [0.2, 0.25) is 0 Å². The number of pyridine rings is 1. The predicted octanol–water partition coefficient (Wildman–Crippen LogP) is 2.29. The molecule has 0 fully saturated rings. The number of amides is 1. The average Bonchev–Trinajstić information content (AvgIpc) is 2.39. The fraction of sp³-hybridized carbons (Fsp3) is 0. The summed E-state index contributed by atoms with van der Waals surface area (Å²) in [6, 6.07) is 8.90. The van der Waals surface area contributed by atoms with Crippen LogP contribution in [0.2, 0.25) is 0 Å². The first-order valence-electron chi connectivity index (χ1n) is 5.17. The van der Waals surface area contributed by atoms with Crippen molar-refractivity contribution < 1.29 is 14.0 Å². The highest BCUT2D eigenvalue weighted by Gasteiger charge is 2.07. The van der Waals surface area contributed by atoms with E-state index in [1.54, 1.807) is 18.2 Å². The zero-order chi connectivity index (χ0) is 13.0. The van der Waals surface area contributed by atoms with Crippen LogP contribution in [0.1, 0.15) is 20.8 Å². The largest absolute Gasteiger partial charge is 0.321 e. The van der Waals surface area contributed by atoms with E-state index < -0.39 is 11.7 Å². The highest BCUT2D eigenvalue weighted by Crippen LogP contribution is 2.10. The lowest BCUT2D eigenvalue weighted by atomic mass is 10.2. The van der Waals surface area contributed by atoms with Crippen molar-refractivity contribution in [1.82, 2.24) is 4.98 Å². The molecule has 2 rings (SSSR count). The van der Waals surface area contributed by atoms with Gasteiger partial charge >= 0.3 is 0 Å². The van der Waals surface area contributed by atoms with E-state index in [1.807, 2.05) is 0 Å². The van der Waals surface area contributed by atoms with E-state index in [-0.39, 0.29) is 5.69 Å². The number of rotatable bonds is 3. The molecule has 1 aromatic carbocycles. The van der Waals surface area contributed by atoms with Crippen LogP contribution in [-0.2, 0) is 0 Å². The maximum atomic E-state index is 12.6. The quantitative estimate of drug-likeness (QED) is 0.842. The van der Waals surface area contributed by atoms with E-state index in [9.17, 15) is 14.0 Å². The van der Waals surface area contributed by atoms with Gasteiger partial charge in [0.15, 0.2) is 0 Å². The molecule has 0 spiro atoms. The Labute approximate surface area is 102 Å². The number of hydrogen-bond acceptors (Lipinski definition) is 3. The van der Waals surface area contributed by atoms with Gasteiger partial charge in [-0.3, -0.25) is 9.59 Å². The molecule has 0 unspecified atom stereocenters. The highest BCUT2D eigenvalue weighted by molar-refractivity contribution is 6.03. The molecule has 18 heavy (non-hydrogen) atoms. The number of aldehydes is 1. The number of carbonyl (C=O) groups excluding carboxylic acids is 2. The van der Waals surface area contributed by atoms with Crippen LogP contribution in [0.3, 0.4) is 0 Å². The summed E-state index contributed by atoms with van der Waals surface area (Å²) in [4.78, 5) is 26.0. The minimum absolute atomic E-state index is 0.105. The van der Waals surface area contributed by atoms with Gasteiger partial charge in [-0.1, -0.05) is 12.1 Å². The first-order chi connectivity index (χ1) is 8.69. The van der Waals surface area contributed by atoms with Gasteiger partial charge in [0.05, 0.1) is 6.20 Å². The van der Waals surface area contributed by atoms with Crippen LogP contribution in [0, 0.1) is 5.82 Å². The molecule has 90 valence electrons.